The number of nitrogens with zero attached hydrogens (tertiary/aromatic N) is 3. The smallest absolute Gasteiger partial charge is 0.407 e. The van der Waals surface area contributed by atoms with Crippen molar-refractivity contribution in [1.29, 1.82) is 0 Å². The molecule has 1 aromatic heterocycles. The zero-order chi connectivity index (χ0) is 14.9. The van der Waals surface area contributed by atoms with E-state index in [1.807, 2.05) is 0 Å². The molecule has 2 N–H and O–H groups in total. The number of hydrogen-bond acceptors (Lipinski definition) is 6. The summed E-state index contributed by atoms with van der Waals surface area (Å²) >= 11 is 0. The van der Waals surface area contributed by atoms with Crippen LogP contribution in [0.4, 0.5) is 4.79 Å². The van der Waals surface area contributed by atoms with Gasteiger partial charge in [0.15, 0.2) is 11.5 Å². The van der Waals surface area contributed by atoms with E-state index in [1.165, 1.54) is 6.07 Å². The summed E-state index contributed by atoms with van der Waals surface area (Å²) in [6.07, 6.45) is -0.903. The number of carbonyl (C=O) groups excluding carboxylic acids is 1. The monoisotopic (exact) mass is 281 g/mol. The minimum absolute atomic E-state index is 0.0549. The van der Waals surface area contributed by atoms with Crippen LogP contribution in [-0.2, 0) is 0 Å². The molecule has 0 aromatic carbocycles. The molecule has 0 aliphatic carbocycles. The Labute approximate surface area is 114 Å². The normalized spacial score (nSPS) is 24.9. The van der Waals surface area contributed by atoms with Gasteiger partial charge in [0, 0.05) is 25.1 Å². The Kier molecular flexibility index (Phi) is 3.73. The molecule has 0 saturated carbocycles. The summed E-state index contributed by atoms with van der Waals surface area (Å²) in [5.74, 6) is -0.764. The quantitative estimate of drug-likeness (QED) is 0.480. The van der Waals surface area contributed by atoms with Crippen molar-refractivity contribution in [3.63, 3.8) is 0 Å². The first kappa shape index (κ1) is 14.0. The number of aryl methyl sites for hydroxylation is 1. The fourth-order valence-electron chi connectivity index (χ4n) is 2.31. The fourth-order valence-corrected chi connectivity index (χ4v) is 2.31. The minimum Gasteiger partial charge on any atom is -0.465 e. The topological polar surface area (TPSA) is 116 Å². The first-order valence-electron chi connectivity index (χ1n) is 6.12. The van der Waals surface area contributed by atoms with Crippen LogP contribution in [0.1, 0.15) is 29.6 Å². The van der Waals surface area contributed by atoms with Crippen molar-refractivity contribution in [3.8, 4) is 0 Å². The fraction of sp³-hybridized carbons (Fsp3) is 0.500. The molecule has 8 heteroatoms. The summed E-state index contributed by atoms with van der Waals surface area (Å²) in [4.78, 5) is 24.6. The van der Waals surface area contributed by atoms with E-state index < -0.39 is 17.8 Å². The third-order valence-electron chi connectivity index (χ3n) is 3.39. The summed E-state index contributed by atoms with van der Waals surface area (Å²) in [6, 6.07) is 1.13. The zero-order valence-electron chi connectivity index (χ0n) is 11.1. The largest absolute Gasteiger partial charge is 0.465 e. The average Bonchev–Trinajstić information content (AvgIpc) is 2.83. The second-order valence-electron chi connectivity index (χ2n) is 4.82. The number of carbonyl (C=O) groups is 2. The Bertz CT molecular complexity index is 565. The van der Waals surface area contributed by atoms with Crippen molar-refractivity contribution >= 4 is 17.6 Å². The lowest BCUT2D eigenvalue weighted by Gasteiger charge is -2.35. The van der Waals surface area contributed by atoms with Crippen LogP contribution in [0.2, 0.25) is 0 Å². The summed E-state index contributed by atoms with van der Waals surface area (Å²) in [5, 5.41) is 24.9. The van der Waals surface area contributed by atoms with Gasteiger partial charge in [-0.2, -0.15) is 0 Å². The van der Waals surface area contributed by atoms with Crippen molar-refractivity contribution in [2.45, 2.75) is 26.3 Å². The van der Waals surface area contributed by atoms with E-state index >= 15 is 0 Å². The van der Waals surface area contributed by atoms with E-state index in [9.17, 15) is 9.59 Å². The SMILES string of the molecule is Cc1cc(C(=O)C2CN(C(=O)O)[C@@H](C)C/C2=N\O)no1. The zero-order valence-corrected chi connectivity index (χ0v) is 11.1. The van der Waals surface area contributed by atoms with Crippen molar-refractivity contribution in [1.82, 2.24) is 10.1 Å². The summed E-state index contributed by atoms with van der Waals surface area (Å²) < 4.78 is 4.84. The van der Waals surface area contributed by atoms with Crippen LogP contribution in [-0.4, -0.2) is 50.5 Å². The van der Waals surface area contributed by atoms with Gasteiger partial charge in [-0.3, -0.25) is 4.79 Å². The van der Waals surface area contributed by atoms with Gasteiger partial charge in [0.05, 0.1) is 11.6 Å². The summed E-state index contributed by atoms with van der Waals surface area (Å²) in [7, 11) is 0. The lowest BCUT2D eigenvalue weighted by Crippen LogP contribution is -2.51. The highest BCUT2D eigenvalue weighted by molar-refractivity contribution is 6.12. The molecule has 108 valence electrons. The van der Waals surface area contributed by atoms with Gasteiger partial charge in [0.2, 0.25) is 0 Å². The van der Waals surface area contributed by atoms with E-state index in [-0.39, 0.29) is 30.4 Å². The number of Topliss-reactive ketones (excluding diaryl/α,β-unsaturated/α-hetero) is 1. The lowest BCUT2D eigenvalue weighted by molar-refractivity contribution is 0.0854. The molecule has 1 aromatic rings. The van der Waals surface area contributed by atoms with E-state index in [1.54, 1.807) is 13.8 Å². The van der Waals surface area contributed by atoms with Gasteiger partial charge in [-0.25, -0.2) is 4.79 Å². The van der Waals surface area contributed by atoms with Crippen LogP contribution >= 0.6 is 0 Å². The molecular weight excluding hydrogens is 266 g/mol. The predicted octanol–water partition coefficient (Wildman–Crippen LogP) is 1.38. The number of likely N-dealkylation sites (tertiary alicyclic amines) is 1. The molecule has 2 rings (SSSR count). The van der Waals surface area contributed by atoms with E-state index in [0.717, 1.165) is 4.90 Å². The minimum atomic E-state index is -1.11. The number of rotatable bonds is 2. The molecule has 20 heavy (non-hydrogen) atoms. The molecule has 1 unspecified atom stereocenters. The number of hydrogen-bond donors (Lipinski definition) is 2. The van der Waals surface area contributed by atoms with Crippen LogP contribution in [0, 0.1) is 12.8 Å². The molecule has 1 aliphatic rings. The highest BCUT2D eigenvalue weighted by Gasteiger charge is 2.38. The third kappa shape index (κ3) is 2.49. The molecule has 1 amide bonds. The first-order valence-corrected chi connectivity index (χ1v) is 6.12. The maximum Gasteiger partial charge on any atom is 0.407 e. The number of oxime groups is 1. The van der Waals surface area contributed by atoms with E-state index in [0.29, 0.717) is 5.76 Å². The van der Waals surface area contributed by atoms with Gasteiger partial charge < -0.3 is 19.7 Å². The standard InChI is InChI=1S/C12H15N3O5/c1-6-3-9(13-19)8(5-15(6)12(17)18)11(16)10-4-7(2)20-14-10/h4,6,8,19H,3,5H2,1-2H3,(H,17,18)/b13-9+/t6-,8?/m0/s1. The number of aromatic nitrogens is 1. The highest BCUT2D eigenvalue weighted by atomic mass is 16.5. The van der Waals surface area contributed by atoms with Crippen molar-refractivity contribution in [3.05, 3.63) is 17.5 Å². The second-order valence-corrected chi connectivity index (χ2v) is 4.82. The van der Waals surface area contributed by atoms with Gasteiger partial charge in [-0.1, -0.05) is 10.3 Å². The number of carboxylic acid groups (broad SMARTS) is 1. The Hall–Kier alpha value is -2.38. The second kappa shape index (κ2) is 5.32. The lowest BCUT2D eigenvalue weighted by atomic mass is 9.87. The van der Waals surface area contributed by atoms with Gasteiger partial charge in [-0.05, 0) is 13.8 Å². The third-order valence-corrected chi connectivity index (χ3v) is 3.39. The van der Waals surface area contributed by atoms with Gasteiger partial charge in [0.25, 0.3) is 0 Å². The maximum absolute atomic E-state index is 12.3. The van der Waals surface area contributed by atoms with Gasteiger partial charge in [-0.15, -0.1) is 0 Å². The Balaban J connectivity index is 2.27. The molecule has 2 atom stereocenters. The number of amides is 1. The van der Waals surface area contributed by atoms with Crippen molar-refractivity contribution < 1.29 is 24.4 Å². The molecular formula is C12H15N3O5. The average molecular weight is 281 g/mol. The Morgan fingerprint density at radius 3 is 2.75 bits per heavy atom. The maximum atomic E-state index is 12.3. The molecule has 0 spiro atoms. The Morgan fingerprint density at radius 1 is 1.55 bits per heavy atom. The van der Waals surface area contributed by atoms with Gasteiger partial charge >= 0.3 is 6.09 Å². The molecule has 8 nitrogen and oxygen atoms in total. The van der Waals surface area contributed by atoms with Crippen molar-refractivity contribution in [2.24, 2.45) is 11.1 Å². The molecule has 2 heterocycles. The molecule has 0 radical (unpaired) electrons. The van der Waals surface area contributed by atoms with Crippen LogP contribution in [0.3, 0.4) is 0 Å². The summed E-state index contributed by atoms with van der Waals surface area (Å²) in [5.41, 5.74) is 0.370. The summed E-state index contributed by atoms with van der Waals surface area (Å²) in [6.45, 7) is 3.29. The van der Waals surface area contributed by atoms with E-state index in [2.05, 4.69) is 10.3 Å². The van der Waals surface area contributed by atoms with E-state index in [4.69, 9.17) is 14.8 Å². The predicted molar refractivity (Wildman–Crippen MR) is 67.1 cm³/mol. The molecule has 1 saturated heterocycles. The highest BCUT2D eigenvalue weighted by Crippen LogP contribution is 2.23. The molecule has 1 aliphatic heterocycles. The Morgan fingerprint density at radius 2 is 2.25 bits per heavy atom. The van der Waals surface area contributed by atoms with Crippen LogP contribution in [0.25, 0.3) is 0 Å². The van der Waals surface area contributed by atoms with Crippen molar-refractivity contribution in [2.75, 3.05) is 6.54 Å². The van der Waals surface area contributed by atoms with Crippen LogP contribution in [0.5, 0.6) is 0 Å². The van der Waals surface area contributed by atoms with Gasteiger partial charge in [0.1, 0.15) is 5.76 Å². The van der Waals surface area contributed by atoms with Crippen LogP contribution < -0.4 is 0 Å². The first-order chi connectivity index (χ1) is 9.43. The molecule has 1 fully saturated rings. The number of ketones is 1. The molecule has 0 bridgehead atoms. The number of piperidine rings is 1. The van der Waals surface area contributed by atoms with Crippen LogP contribution in [0.15, 0.2) is 15.7 Å².